The molecule has 1 amide bonds. The predicted octanol–water partition coefficient (Wildman–Crippen LogP) is 1.24. The first kappa shape index (κ1) is 12.7. The van der Waals surface area contributed by atoms with Crippen LogP contribution >= 0.6 is 0 Å². The molecule has 19 heavy (non-hydrogen) atoms. The highest BCUT2D eigenvalue weighted by Gasteiger charge is 2.28. The molecular weight excluding hydrogens is 242 g/mol. The third-order valence-electron chi connectivity index (χ3n) is 4.48. The Labute approximate surface area is 113 Å². The van der Waals surface area contributed by atoms with Gasteiger partial charge in [0.05, 0.1) is 18.7 Å². The lowest BCUT2D eigenvalue weighted by Crippen LogP contribution is -2.38. The van der Waals surface area contributed by atoms with E-state index in [1.54, 1.807) is 6.20 Å². The van der Waals surface area contributed by atoms with Gasteiger partial charge >= 0.3 is 0 Å². The molecule has 0 spiro atoms. The zero-order chi connectivity index (χ0) is 13.2. The van der Waals surface area contributed by atoms with Crippen molar-refractivity contribution in [3.05, 3.63) is 17.5 Å². The lowest BCUT2D eigenvalue weighted by atomic mass is 9.97. The Bertz CT molecular complexity index is 451. The molecule has 0 radical (unpaired) electrons. The molecule has 5 nitrogen and oxygen atoms in total. The van der Waals surface area contributed by atoms with Gasteiger partial charge in [-0.3, -0.25) is 9.89 Å². The molecule has 2 heterocycles. The van der Waals surface area contributed by atoms with Crippen LogP contribution in [0.2, 0.25) is 0 Å². The van der Waals surface area contributed by atoms with E-state index >= 15 is 0 Å². The van der Waals surface area contributed by atoms with Gasteiger partial charge in [-0.2, -0.15) is 5.10 Å². The van der Waals surface area contributed by atoms with Gasteiger partial charge in [0, 0.05) is 30.8 Å². The number of hydrogen-bond acceptors (Lipinski definition) is 3. The summed E-state index contributed by atoms with van der Waals surface area (Å²) in [6.07, 6.45) is 6.97. The second-order valence-corrected chi connectivity index (χ2v) is 5.76. The van der Waals surface area contributed by atoms with Crippen LogP contribution in [0.15, 0.2) is 6.20 Å². The summed E-state index contributed by atoms with van der Waals surface area (Å²) in [6.45, 7) is 1.35. The van der Waals surface area contributed by atoms with Crippen molar-refractivity contribution < 1.29 is 9.90 Å². The molecule has 2 N–H and O–H groups in total. The molecule has 5 heteroatoms. The van der Waals surface area contributed by atoms with E-state index in [0.29, 0.717) is 12.5 Å². The molecule has 1 aliphatic carbocycles. The summed E-state index contributed by atoms with van der Waals surface area (Å²) in [5.74, 6) is 0.407. The maximum Gasteiger partial charge on any atom is 0.225 e. The Morgan fingerprint density at radius 2 is 2.32 bits per heavy atom. The maximum absolute atomic E-state index is 12.2. The van der Waals surface area contributed by atoms with Crippen molar-refractivity contribution in [2.45, 2.75) is 51.2 Å². The Balaban J connectivity index is 1.56. The third kappa shape index (κ3) is 2.66. The van der Waals surface area contributed by atoms with E-state index in [2.05, 4.69) is 10.2 Å². The molecule has 1 fully saturated rings. The number of fused-ring (bicyclic) bond motifs is 1. The number of hydrogen-bond donors (Lipinski definition) is 2. The van der Waals surface area contributed by atoms with Gasteiger partial charge in [-0.1, -0.05) is 12.8 Å². The van der Waals surface area contributed by atoms with Gasteiger partial charge < -0.3 is 10.0 Å². The fourth-order valence-electron chi connectivity index (χ4n) is 3.25. The van der Waals surface area contributed by atoms with Gasteiger partial charge in [0.15, 0.2) is 0 Å². The summed E-state index contributed by atoms with van der Waals surface area (Å²) < 4.78 is 0. The third-order valence-corrected chi connectivity index (χ3v) is 4.48. The molecule has 1 unspecified atom stereocenters. The SMILES string of the molecule is O=C(CC(O)C1CCCC1)N1CCc2[nH]ncc2C1. The lowest BCUT2D eigenvalue weighted by Gasteiger charge is -2.28. The average molecular weight is 263 g/mol. The molecular formula is C14H21N3O2. The van der Waals surface area contributed by atoms with Crippen LogP contribution in [0.4, 0.5) is 0 Å². The van der Waals surface area contributed by atoms with Crippen molar-refractivity contribution in [3.8, 4) is 0 Å². The number of amides is 1. The highest BCUT2D eigenvalue weighted by Crippen LogP contribution is 2.29. The van der Waals surface area contributed by atoms with Gasteiger partial charge in [-0.15, -0.1) is 0 Å². The molecule has 0 aromatic carbocycles. The molecule has 1 saturated carbocycles. The molecule has 2 aliphatic rings. The first-order valence-electron chi connectivity index (χ1n) is 7.21. The summed E-state index contributed by atoms with van der Waals surface area (Å²) in [5.41, 5.74) is 2.25. The number of nitrogens with one attached hydrogen (secondary N) is 1. The molecule has 1 atom stereocenters. The van der Waals surface area contributed by atoms with E-state index < -0.39 is 6.10 Å². The summed E-state index contributed by atoms with van der Waals surface area (Å²) in [7, 11) is 0. The molecule has 1 aromatic heterocycles. The van der Waals surface area contributed by atoms with Crippen molar-refractivity contribution in [1.82, 2.24) is 15.1 Å². The minimum atomic E-state index is -0.458. The Kier molecular flexibility index (Phi) is 3.55. The summed E-state index contributed by atoms with van der Waals surface area (Å²) >= 11 is 0. The summed E-state index contributed by atoms with van der Waals surface area (Å²) in [5, 5.41) is 17.1. The van der Waals surface area contributed by atoms with Crippen LogP contribution in [0.5, 0.6) is 0 Å². The van der Waals surface area contributed by atoms with Crippen molar-refractivity contribution in [1.29, 1.82) is 0 Å². The largest absolute Gasteiger partial charge is 0.392 e. The Morgan fingerprint density at radius 1 is 1.53 bits per heavy atom. The monoisotopic (exact) mass is 263 g/mol. The molecule has 104 valence electrons. The quantitative estimate of drug-likeness (QED) is 0.862. The summed E-state index contributed by atoms with van der Waals surface area (Å²) in [6, 6.07) is 0. The van der Waals surface area contributed by atoms with Gasteiger partial charge in [-0.25, -0.2) is 0 Å². The van der Waals surface area contributed by atoms with E-state index in [-0.39, 0.29) is 12.3 Å². The van der Waals surface area contributed by atoms with E-state index in [4.69, 9.17) is 0 Å². The van der Waals surface area contributed by atoms with Crippen molar-refractivity contribution in [2.75, 3.05) is 6.54 Å². The van der Waals surface area contributed by atoms with E-state index in [1.165, 1.54) is 12.8 Å². The highest BCUT2D eigenvalue weighted by molar-refractivity contribution is 5.77. The van der Waals surface area contributed by atoms with Crippen LogP contribution in [0, 0.1) is 5.92 Å². The van der Waals surface area contributed by atoms with Crippen molar-refractivity contribution in [3.63, 3.8) is 0 Å². The fourth-order valence-corrected chi connectivity index (χ4v) is 3.25. The van der Waals surface area contributed by atoms with E-state index in [1.807, 2.05) is 4.90 Å². The molecule has 1 aliphatic heterocycles. The second-order valence-electron chi connectivity index (χ2n) is 5.76. The number of carbonyl (C=O) groups excluding carboxylic acids is 1. The van der Waals surface area contributed by atoms with Crippen molar-refractivity contribution >= 4 is 5.91 Å². The average Bonchev–Trinajstić information content (AvgIpc) is 3.09. The minimum Gasteiger partial charge on any atom is -0.392 e. The highest BCUT2D eigenvalue weighted by atomic mass is 16.3. The maximum atomic E-state index is 12.2. The molecule has 0 saturated heterocycles. The number of nitrogens with zero attached hydrogens (tertiary/aromatic N) is 2. The Morgan fingerprint density at radius 3 is 3.11 bits per heavy atom. The number of aromatic nitrogens is 2. The zero-order valence-electron chi connectivity index (χ0n) is 11.1. The van der Waals surface area contributed by atoms with Crippen LogP contribution in [0.25, 0.3) is 0 Å². The van der Waals surface area contributed by atoms with Crippen LogP contribution in [-0.2, 0) is 17.8 Å². The Hall–Kier alpha value is -1.36. The van der Waals surface area contributed by atoms with Gasteiger partial charge in [0.25, 0.3) is 0 Å². The lowest BCUT2D eigenvalue weighted by molar-refractivity contribution is -0.134. The van der Waals surface area contributed by atoms with Gasteiger partial charge in [-0.05, 0) is 18.8 Å². The van der Waals surface area contributed by atoms with Crippen LogP contribution in [-0.4, -0.2) is 38.8 Å². The smallest absolute Gasteiger partial charge is 0.225 e. The van der Waals surface area contributed by atoms with E-state index in [0.717, 1.165) is 37.1 Å². The van der Waals surface area contributed by atoms with E-state index in [9.17, 15) is 9.90 Å². The first-order chi connectivity index (χ1) is 9.24. The first-order valence-corrected chi connectivity index (χ1v) is 7.21. The topological polar surface area (TPSA) is 69.2 Å². The van der Waals surface area contributed by atoms with Crippen LogP contribution in [0.1, 0.15) is 43.4 Å². The minimum absolute atomic E-state index is 0.0752. The van der Waals surface area contributed by atoms with Crippen LogP contribution < -0.4 is 0 Å². The number of carbonyl (C=O) groups is 1. The second kappa shape index (κ2) is 5.33. The van der Waals surface area contributed by atoms with Crippen molar-refractivity contribution in [2.24, 2.45) is 5.92 Å². The normalized spacial score (nSPS) is 21.4. The number of aliphatic hydroxyl groups excluding tert-OH is 1. The number of H-pyrrole nitrogens is 1. The number of aliphatic hydroxyl groups is 1. The molecule has 1 aromatic rings. The van der Waals surface area contributed by atoms with Gasteiger partial charge in [0.2, 0.25) is 5.91 Å². The van der Waals surface area contributed by atoms with Gasteiger partial charge in [0.1, 0.15) is 0 Å². The standard InChI is InChI=1S/C14H21N3O2/c18-13(10-3-1-2-4-10)7-14(19)17-6-5-12-11(9-17)8-15-16-12/h8,10,13,18H,1-7,9H2,(H,15,16). The number of aromatic amines is 1. The predicted molar refractivity (Wildman–Crippen MR) is 70.3 cm³/mol. The summed E-state index contributed by atoms with van der Waals surface area (Å²) in [4.78, 5) is 14.1. The fraction of sp³-hybridized carbons (Fsp3) is 0.714. The molecule has 3 rings (SSSR count). The zero-order valence-corrected chi connectivity index (χ0v) is 11.1. The molecule has 0 bridgehead atoms. The number of rotatable bonds is 3. The van der Waals surface area contributed by atoms with Crippen LogP contribution in [0.3, 0.4) is 0 Å².